The average molecular weight is 408 g/mol. The van der Waals surface area contributed by atoms with Crippen LogP contribution in [-0.2, 0) is 10.0 Å². The van der Waals surface area contributed by atoms with Gasteiger partial charge in [-0.3, -0.25) is 0 Å². The molecule has 3 rings (SSSR count). The standard InChI is InChI=1S/C18H24N4O5S/c1-25-15-11-13(12-16(26-2)18(15)27-3)14-5-6-17(20-19-14)21-7-9-22(10-8-21)28(4,23)24/h5-6,11-12H,7-10H2,1-4H3. The van der Waals surface area contributed by atoms with Crippen LogP contribution in [0, 0.1) is 0 Å². The molecular formula is C18H24N4O5S. The monoisotopic (exact) mass is 408 g/mol. The van der Waals surface area contributed by atoms with E-state index in [0.717, 1.165) is 5.56 Å². The van der Waals surface area contributed by atoms with Crippen LogP contribution in [0.15, 0.2) is 24.3 Å². The molecule has 2 heterocycles. The lowest BCUT2D eigenvalue weighted by molar-refractivity contribution is 0.324. The number of rotatable bonds is 6. The number of aromatic nitrogens is 2. The van der Waals surface area contributed by atoms with Gasteiger partial charge in [0.1, 0.15) is 0 Å². The van der Waals surface area contributed by atoms with Crippen molar-refractivity contribution >= 4 is 15.8 Å². The van der Waals surface area contributed by atoms with Gasteiger partial charge in [-0.25, -0.2) is 8.42 Å². The minimum Gasteiger partial charge on any atom is -0.493 e. The van der Waals surface area contributed by atoms with Gasteiger partial charge in [0, 0.05) is 31.7 Å². The van der Waals surface area contributed by atoms with Crippen molar-refractivity contribution in [2.75, 3.05) is 58.7 Å². The first-order valence-corrected chi connectivity index (χ1v) is 10.6. The summed E-state index contributed by atoms with van der Waals surface area (Å²) in [7, 11) is 1.52. The lowest BCUT2D eigenvalue weighted by Crippen LogP contribution is -2.48. The number of piperazine rings is 1. The molecule has 28 heavy (non-hydrogen) atoms. The molecule has 1 fully saturated rings. The van der Waals surface area contributed by atoms with Crippen LogP contribution in [0.3, 0.4) is 0 Å². The first-order chi connectivity index (χ1) is 13.4. The highest BCUT2D eigenvalue weighted by Gasteiger charge is 2.24. The van der Waals surface area contributed by atoms with E-state index in [1.807, 2.05) is 29.2 Å². The maximum atomic E-state index is 11.6. The number of ether oxygens (including phenoxy) is 3. The number of benzene rings is 1. The zero-order valence-corrected chi connectivity index (χ0v) is 17.2. The third-order valence-corrected chi connectivity index (χ3v) is 5.95. The number of methoxy groups -OCH3 is 3. The van der Waals surface area contributed by atoms with Gasteiger partial charge in [0.25, 0.3) is 0 Å². The van der Waals surface area contributed by atoms with E-state index in [0.29, 0.717) is 54.9 Å². The topological polar surface area (TPSA) is 94.1 Å². The summed E-state index contributed by atoms with van der Waals surface area (Å²) in [5.74, 6) is 2.31. The van der Waals surface area contributed by atoms with Crippen molar-refractivity contribution < 1.29 is 22.6 Å². The van der Waals surface area contributed by atoms with Crippen molar-refractivity contribution in [2.24, 2.45) is 0 Å². The Morgan fingerprint density at radius 1 is 0.893 bits per heavy atom. The van der Waals surface area contributed by atoms with E-state index in [9.17, 15) is 8.42 Å². The van der Waals surface area contributed by atoms with Crippen LogP contribution in [0.2, 0.25) is 0 Å². The maximum absolute atomic E-state index is 11.6. The molecule has 0 radical (unpaired) electrons. The van der Waals surface area contributed by atoms with Crippen LogP contribution in [0.4, 0.5) is 5.82 Å². The molecular weight excluding hydrogens is 384 g/mol. The molecule has 0 spiro atoms. The average Bonchev–Trinajstić information content (AvgIpc) is 2.72. The highest BCUT2D eigenvalue weighted by molar-refractivity contribution is 7.88. The number of nitrogens with zero attached hydrogens (tertiary/aromatic N) is 4. The molecule has 1 saturated heterocycles. The predicted octanol–water partition coefficient (Wildman–Crippen LogP) is 1.25. The summed E-state index contributed by atoms with van der Waals surface area (Å²) in [5, 5.41) is 8.64. The molecule has 152 valence electrons. The summed E-state index contributed by atoms with van der Waals surface area (Å²) in [6.45, 7) is 2.03. The summed E-state index contributed by atoms with van der Waals surface area (Å²) in [6, 6.07) is 7.37. The Morgan fingerprint density at radius 2 is 1.50 bits per heavy atom. The van der Waals surface area contributed by atoms with Crippen molar-refractivity contribution in [1.29, 1.82) is 0 Å². The van der Waals surface area contributed by atoms with Crippen molar-refractivity contribution in [3.63, 3.8) is 0 Å². The second-order valence-corrected chi connectivity index (χ2v) is 8.32. The molecule has 10 heteroatoms. The summed E-state index contributed by atoms with van der Waals surface area (Å²) in [4.78, 5) is 2.02. The Bertz CT molecular complexity index is 900. The molecule has 1 aromatic heterocycles. The first-order valence-electron chi connectivity index (χ1n) is 8.71. The summed E-state index contributed by atoms with van der Waals surface area (Å²) in [5.41, 5.74) is 1.45. The van der Waals surface area contributed by atoms with Gasteiger partial charge in [-0.2, -0.15) is 4.31 Å². The number of hydrogen-bond acceptors (Lipinski definition) is 8. The third-order valence-electron chi connectivity index (χ3n) is 4.64. The zero-order chi connectivity index (χ0) is 20.3. The molecule has 0 amide bonds. The largest absolute Gasteiger partial charge is 0.493 e. The van der Waals surface area contributed by atoms with Crippen molar-refractivity contribution in [1.82, 2.24) is 14.5 Å². The molecule has 0 unspecified atom stereocenters. The summed E-state index contributed by atoms with van der Waals surface area (Å²) < 4.78 is 40.8. The Hall–Kier alpha value is -2.59. The Balaban J connectivity index is 1.80. The summed E-state index contributed by atoms with van der Waals surface area (Å²) in [6.07, 6.45) is 1.23. The molecule has 0 bridgehead atoms. The van der Waals surface area contributed by atoms with Gasteiger partial charge in [0.05, 0.1) is 33.3 Å². The Labute approximate surface area is 164 Å². The van der Waals surface area contributed by atoms with Gasteiger partial charge in [0.2, 0.25) is 15.8 Å². The molecule has 0 aliphatic carbocycles. The van der Waals surface area contributed by atoms with Gasteiger partial charge >= 0.3 is 0 Å². The van der Waals surface area contributed by atoms with Crippen LogP contribution in [0.1, 0.15) is 0 Å². The summed E-state index contributed by atoms with van der Waals surface area (Å²) >= 11 is 0. The predicted molar refractivity (Wildman–Crippen MR) is 106 cm³/mol. The van der Waals surface area contributed by atoms with Gasteiger partial charge in [0.15, 0.2) is 17.3 Å². The molecule has 0 saturated carbocycles. The van der Waals surface area contributed by atoms with E-state index in [-0.39, 0.29) is 0 Å². The van der Waals surface area contributed by atoms with Gasteiger partial charge < -0.3 is 19.1 Å². The zero-order valence-electron chi connectivity index (χ0n) is 16.4. The van der Waals surface area contributed by atoms with Gasteiger partial charge in [-0.1, -0.05) is 0 Å². The fraction of sp³-hybridized carbons (Fsp3) is 0.444. The minimum atomic E-state index is -3.16. The molecule has 1 aliphatic heterocycles. The van der Waals surface area contributed by atoms with E-state index in [1.165, 1.54) is 10.6 Å². The van der Waals surface area contributed by atoms with Crippen molar-refractivity contribution in [2.45, 2.75) is 0 Å². The van der Waals surface area contributed by atoms with Gasteiger partial charge in [-0.05, 0) is 24.3 Å². The molecule has 0 N–H and O–H groups in total. The second kappa shape index (κ2) is 8.19. The van der Waals surface area contributed by atoms with Crippen LogP contribution in [-0.4, -0.2) is 76.7 Å². The number of anilines is 1. The minimum absolute atomic E-state index is 0.440. The normalized spacial score (nSPS) is 15.4. The quantitative estimate of drug-likeness (QED) is 0.705. The molecule has 2 aromatic rings. The van der Waals surface area contributed by atoms with Crippen molar-refractivity contribution in [3.05, 3.63) is 24.3 Å². The van der Waals surface area contributed by atoms with E-state index in [2.05, 4.69) is 10.2 Å². The second-order valence-electron chi connectivity index (χ2n) is 6.34. The van der Waals surface area contributed by atoms with Crippen LogP contribution < -0.4 is 19.1 Å². The van der Waals surface area contributed by atoms with E-state index >= 15 is 0 Å². The Morgan fingerprint density at radius 3 is 1.93 bits per heavy atom. The maximum Gasteiger partial charge on any atom is 0.211 e. The van der Waals surface area contributed by atoms with E-state index < -0.39 is 10.0 Å². The smallest absolute Gasteiger partial charge is 0.211 e. The lowest BCUT2D eigenvalue weighted by Gasteiger charge is -2.33. The SMILES string of the molecule is COc1cc(-c2ccc(N3CCN(S(C)(=O)=O)CC3)nn2)cc(OC)c1OC. The van der Waals surface area contributed by atoms with Crippen molar-refractivity contribution in [3.8, 4) is 28.5 Å². The lowest BCUT2D eigenvalue weighted by atomic mass is 10.1. The molecule has 1 aromatic carbocycles. The van der Waals surface area contributed by atoms with Crippen LogP contribution >= 0.6 is 0 Å². The fourth-order valence-corrected chi connectivity index (χ4v) is 3.95. The van der Waals surface area contributed by atoms with Gasteiger partial charge in [-0.15, -0.1) is 10.2 Å². The van der Waals surface area contributed by atoms with E-state index in [1.54, 1.807) is 21.3 Å². The highest BCUT2D eigenvalue weighted by Crippen LogP contribution is 2.40. The van der Waals surface area contributed by atoms with Crippen LogP contribution in [0.5, 0.6) is 17.2 Å². The number of hydrogen-bond donors (Lipinski definition) is 0. The molecule has 1 aliphatic rings. The van der Waals surface area contributed by atoms with E-state index in [4.69, 9.17) is 14.2 Å². The fourth-order valence-electron chi connectivity index (χ4n) is 3.13. The Kier molecular flexibility index (Phi) is 5.90. The molecule has 0 atom stereocenters. The third kappa shape index (κ3) is 4.12. The van der Waals surface area contributed by atoms with Crippen LogP contribution in [0.25, 0.3) is 11.3 Å². The first kappa shape index (κ1) is 20.2. The number of sulfonamides is 1. The molecule has 9 nitrogen and oxygen atoms in total. The highest BCUT2D eigenvalue weighted by atomic mass is 32.2.